The number of benzene rings is 1. The van der Waals surface area contributed by atoms with Crippen LogP contribution >= 0.6 is 11.8 Å². The largest absolute Gasteiger partial charge is 0.354 e. The Kier molecular flexibility index (Phi) is 4.53. The second kappa shape index (κ2) is 6.99. The number of H-pyrrole nitrogens is 1. The molecule has 2 aromatic heterocycles. The number of thioether (sulfide) groups is 1. The molecule has 1 aliphatic rings. The van der Waals surface area contributed by atoms with Crippen molar-refractivity contribution in [2.24, 2.45) is 0 Å². The van der Waals surface area contributed by atoms with Gasteiger partial charge in [0.15, 0.2) is 5.78 Å². The molecule has 0 spiro atoms. The highest BCUT2D eigenvalue weighted by atomic mass is 32.2. The lowest BCUT2D eigenvalue weighted by atomic mass is 9.94. The number of Topliss-reactive ketones (excluding diaryl/α,β-unsaturated/α-hetero) is 1. The van der Waals surface area contributed by atoms with Gasteiger partial charge >= 0.3 is 0 Å². The maximum atomic E-state index is 12.8. The summed E-state index contributed by atoms with van der Waals surface area (Å²) in [5, 5.41) is 15.2. The number of hydrogen-bond donors (Lipinski definition) is 2. The van der Waals surface area contributed by atoms with Crippen molar-refractivity contribution < 1.29 is 9.59 Å². The van der Waals surface area contributed by atoms with Gasteiger partial charge in [-0.2, -0.15) is 4.68 Å². The molecule has 0 fully saturated rings. The maximum Gasteiger partial charge on any atom is 0.272 e. The summed E-state index contributed by atoms with van der Waals surface area (Å²) >= 11 is 1.43. The van der Waals surface area contributed by atoms with Crippen LogP contribution in [0.15, 0.2) is 29.4 Å². The molecule has 4 rings (SSSR count). The standard InChI is InChI=1S/C18H18N6O2S/c1-10-15-13(7-4-8-14(15)25)20-16(10)17(26)19-11-5-3-6-12(9-11)24-18(27-2)21-22-23-24/h3,5-6,9,20H,4,7-8H2,1-2H3,(H,19,26). The average Bonchev–Trinajstić information content (AvgIpc) is 3.27. The predicted octanol–water partition coefficient (Wildman–Crippen LogP) is 2.79. The third-order valence-electron chi connectivity index (χ3n) is 4.64. The third kappa shape index (κ3) is 3.14. The van der Waals surface area contributed by atoms with Crippen molar-refractivity contribution in [3.8, 4) is 5.69 Å². The quantitative estimate of drug-likeness (QED) is 0.672. The summed E-state index contributed by atoms with van der Waals surface area (Å²) in [6.07, 6.45) is 4.05. The van der Waals surface area contributed by atoms with E-state index in [1.165, 1.54) is 11.8 Å². The molecule has 1 aliphatic carbocycles. The summed E-state index contributed by atoms with van der Waals surface area (Å²) in [5.74, 6) is -0.164. The lowest BCUT2D eigenvalue weighted by molar-refractivity contribution is 0.0971. The molecule has 1 aromatic carbocycles. The van der Waals surface area contributed by atoms with E-state index in [0.717, 1.165) is 24.2 Å². The van der Waals surface area contributed by atoms with Crippen LogP contribution in [0.5, 0.6) is 0 Å². The average molecular weight is 382 g/mol. The monoisotopic (exact) mass is 382 g/mol. The fraction of sp³-hybridized carbons (Fsp3) is 0.278. The second-order valence-electron chi connectivity index (χ2n) is 6.34. The number of amides is 1. The molecule has 3 aromatic rings. The zero-order chi connectivity index (χ0) is 19.0. The van der Waals surface area contributed by atoms with Crippen molar-refractivity contribution in [3.05, 3.63) is 46.8 Å². The Bertz CT molecular complexity index is 1040. The number of carbonyl (C=O) groups is 2. The first kappa shape index (κ1) is 17.5. The Morgan fingerprint density at radius 1 is 1.33 bits per heavy atom. The molecule has 0 radical (unpaired) electrons. The number of fused-ring (bicyclic) bond motifs is 1. The highest BCUT2D eigenvalue weighted by molar-refractivity contribution is 7.98. The van der Waals surface area contributed by atoms with E-state index in [4.69, 9.17) is 0 Å². The summed E-state index contributed by atoms with van der Waals surface area (Å²) in [6.45, 7) is 1.82. The van der Waals surface area contributed by atoms with Crippen molar-refractivity contribution >= 4 is 29.1 Å². The maximum absolute atomic E-state index is 12.8. The van der Waals surface area contributed by atoms with E-state index in [1.807, 2.05) is 25.3 Å². The van der Waals surface area contributed by atoms with Crippen LogP contribution in [0.3, 0.4) is 0 Å². The van der Waals surface area contributed by atoms with Gasteiger partial charge in [0.05, 0.1) is 5.69 Å². The number of nitrogens with one attached hydrogen (secondary N) is 2. The van der Waals surface area contributed by atoms with Crippen molar-refractivity contribution in [2.75, 3.05) is 11.6 Å². The lowest BCUT2D eigenvalue weighted by Gasteiger charge is -2.09. The van der Waals surface area contributed by atoms with Crippen LogP contribution in [0, 0.1) is 6.92 Å². The minimum absolute atomic E-state index is 0.106. The van der Waals surface area contributed by atoms with Crippen LogP contribution in [0.2, 0.25) is 0 Å². The number of aromatic nitrogens is 5. The van der Waals surface area contributed by atoms with Crippen molar-refractivity contribution in [3.63, 3.8) is 0 Å². The van der Waals surface area contributed by atoms with Crippen LogP contribution in [0.4, 0.5) is 5.69 Å². The normalized spacial score (nSPS) is 13.5. The minimum Gasteiger partial charge on any atom is -0.354 e. The third-order valence-corrected chi connectivity index (χ3v) is 5.26. The summed E-state index contributed by atoms with van der Waals surface area (Å²) in [4.78, 5) is 28.1. The zero-order valence-corrected chi connectivity index (χ0v) is 15.8. The van der Waals surface area contributed by atoms with Crippen LogP contribution in [-0.2, 0) is 6.42 Å². The molecule has 0 atom stereocenters. The first-order chi connectivity index (χ1) is 13.1. The number of anilines is 1. The number of hydrogen-bond acceptors (Lipinski definition) is 6. The summed E-state index contributed by atoms with van der Waals surface area (Å²) in [7, 11) is 0. The van der Waals surface area contributed by atoms with Gasteiger partial charge in [0, 0.05) is 23.4 Å². The molecule has 0 bridgehead atoms. The molecule has 0 saturated heterocycles. The van der Waals surface area contributed by atoms with Crippen LogP contribution in [-0.4, -0.2) is 43.1 Å². The van der Waals surface area contributed by atoms with Crippen LogP contribution < -0.4 is 5.32 Å². The number of aryl methyl sites for hydroxylation is 1. The molecule has 2 N–H and O–H groups in total. The first-order valence-corrected chi connectivity index (χ1v) is 9.79. The number of carbonyl (C=O) groups excluding carboxylic acids is 2. The number of aromatic amines is 1. The van der Waals surface area contributed by atoms with E-state index in [-0.39, 0.29) is 11.7 Å². The molecule has 27 heavy (non-hydrogen) atoms. The van der Waals surface area contributed by atoms with Gasteiger partial charge in [-0.15, -0.1) is 5.10 Å². The molecule has 9 heteroatoms. The van der Waals surface area contributed by atoms with E-state index >= 15 is 0 Å². The van der Waals surface area contributed by atoms with Gasteiger partial charge < -0.3 is 10.3 Å². The van der Waals surface area contributed by atoms with Crippen LogP contribution in [0.25, 0.3) is 5.69 Å². The fourth-order valence-electron chi connectivity index (χ4n) is 3.38. The summed E-state index contributed by atoms with van der Waals surface area (Å²) in [5.41, 5.74) is 4.07. The Labute approximate surface area is 159 Å². The first-order valence-electron chi connectivity index (χ1n) is 8.57. The van der Waals surface area contributed by atoms with Gasteiger partial charge in [0.2, 0.25) is 5.16 Å². The number of nitrogens with zero attached hydrogens (tertiary/aromatic N) is 4. The van der Waals surface area contributed by atoms with Crippen molar-refractivity contribution in [1.29, 1.82) is 0 Å². The smallest absolute Gasteiger partial charge is 0.272 e. The Hall–Kier alpha value is -2.94. The van der Waals surface area contributed by atoms with Gasteiger partial charge in [-0.05, 0) is 60.2 Å². The van der Waals surface area contributed by atoms with Gasteiger partial charge in [-0.25, -0.2) is 0 Å². The number of ketones is 1. The molecular weight excluding hydrogens is 364 g/mol. The summed E-state index contributed by atoms with van der Waals surface area (Å²) < 4.78 is 1.61. The highest BCUT2D eigenvalue weighted by Gasteiger charge is 2.26. The predicted molar refractivity (Wildman–Crippen MR) is 102 cm³/mol. The van der Waals surface area contributed by atoms with E-state index in [9.17, 15) is 9.59 Å². The Morgan fingerprint density at radius 3 is 2.96 bits per heavy atom. The molecule has 0 unspecified atom stereocenters. The van der Waals surface area contributed by atoms with Gasteiger partial charge in [-0.1, -0.05) is 17.8 Å². The minimum atomic E-state index is -0.270. The second-order valence-corrected chi connectivity index (χ2v) is 7.11. The molecule has 2 heterocycles. The molecule has 8 nitrogen and oxygen atoms in total. The SMILES string of the molecule is CSc1nnnn1-c1cccc(NC(=O)c2[nH]c3c(c2C)C(=O)CCC3)c1. The molecule has 138 valence electrons. The van der Waals surface area contributed by atoms with E-state index in [0.29, 0.717) is 34.1 Å². The molecule has 0 aliphatic heterocycles. The number of tetrazole rings is 1. The lowest BCUT2D eigenvalue weighted by Crippen LogP contribution is -2.14. The Balaban J connectivity index is 1.61. The summed E-state index contributed by atoms with van der Waals surface area (Å²) in [6, 6.07) is 7.29. The number of rotatable bonds is 4. The molecular formula is C18H18N6O2S. The molecule has 0 saturated carbocycles. The zero-order valence-electron chi connectivity index (χ0n) is 14.9. The highest BCUT2D eigenvalue weighted by Crippen LogP contribution is 2.27. The fourth-order valence-corrected chi connectivity index (χ4v) is 3.81. The van der Waals surface area contributed by atoms with Gasteiger partial charge in [0.1, 0.15) is 5.69 Å². The van der Waals surface area contributed by atoms with Crippen LogP contribution in [0.1, 0.15) is 44.9 Å². The van der Waals surface area contributed by atoms with E-state index in [2.05, 4.69) is 25.8 Å². The van der Waals surface area contributed by atoms with Crippen molar-refractivity contribution in [2.45, 2.75) is 31.3 Å². The molecule has 1 amide bonds. The Morgan fingerprint density at radius 2 is 2.19 bits per heavy atom. The van der Waals surface area contributed by atoms with E-state index < -0.39 is 0 Å². The topological polar surface area (TPSA) is 106 Å². The van der Waals surface area contributed by atoms with Crippen molar-refractivity contribution in [1.82, 2.24) is 25.2 Å². The van der Waals surface area contributed by atoms with Gasteiger partial charge in [0.25, 0.3) is 5.91 Å². The van der Waals surface area contributed by atoms with Gasteiger partial charge in [-0.3, -0.25) is 9.59 Å². The van der Waals surface area contributed by atoms with E-state index in [1.54, 1.807) is 16.8 Å².